The molecule has 0 bridgehead atoms. The molecule has 1 amide bonds. The highest BCUT2D eigenvalue weighted by Crippen LogP contribution is 2.42. The number of Topliss-reactive ketones (excluding diaryl/α,β-unsaturated/α-hetero) is 1. The Hall–Kier alpha value is -4.06. The van der Waals surface area contributed by atoms with E-state index < -0.39 is 17.7 Å². The molecule has 0 aromatic heterocycles. The third-order valence-corrected chi connectivity index (χ3v) is 6.47. The molecule has 0 saturated carbocycles. The maximum absolute atomic E-state index is 13.3. The monoisotopic (exact) mass is 469 g/mol. The first kappa shape index (κ1) is 22.7. The van der Waals surface area contributed by atoms with Gasteiger partial charge in [0.25, 0.3) is 11.7 Å². The van der Waals surface area contributed by atoms with Crippen LogP contribution in [0.3, 0.4) is 0 Å². The quantitative estimate of drug-likeness (QED) is 0.316. The fraction of sp³-hybridized carbons (Fsp3) is 0.241. The van der Waals surface area contributed by atoms with E-state index in [1.807, 2.05) is 54.6 Å². The fourth-order valence-electron chi connectivity index (χ4n) is 4.58. The summed E-state index contributed by atoms with van der Waals surface area (Å²) in [6.07, 6.45) is 0. The van der Waals surface area contributed by atoms with Crippen LogP contribution in [0.4, 0.5) is 0 Å². The number of rotatable bonds is 5. The molecule has 1 saturated heterocycles. The maximum atomic E-state index is 13.3. The molecule has 0 aliphatic carbocycles. The zero-order valence-corrected chi connectivity index (χ0v) is 19.7. The van der Waals surface area contributed by atoms with E-state index in [4.69, 9.17) is 9.47 Å². The molecule has 0 radical (unpaired) electrons. The van der Waals surface area contributed by atoms with Gasteiger partial charge in [0.15, 0.2) is 11.5 Å². The highest BCUT2D eigenvalue weighted by atomic mass is 16.6. The normalized spacial score (nSPS) is 18.8. The van der Waals surface area contributed by atoms with Gasteiger partial charge < -0.3 is 19.5 Å². The van der Waals surface area contributed by atoms with E-state index in [9.17, 15) is 14.7 Å². The third kappa shape index (κ3) is 4.28. The van der Waals surface area contributed by atoms with Crippen LogP contribution < -0.4 is 9.47 Å². The summed E-state index contributed by atoms with van der Waals surface area (Å²) in [4.78, 5) is 28.1. The molecule has 3 aromatic rings. The van der Waals surface area contributed by atoms with Crippen molar-refractivity contribution >= 4 is 17.4 Å². The minimum atomic E-state index is -0.718. The van der Waals surface area contributed by atoms with Crippen molar-refractivity contribution in [3.05, 3.63) is 101 Å². The average Bonchev–Trinajstić information content (AvgIpc) is 3.13. The van der Waals surface area contributed by atoms with Crippen molar-refractivity contribution in [3.8, 4) is 11.5 Å². The lowest BCUT2D eigenvalue weighted by Gasteiger charge is -2.26. The standard InChI is InChI=1S/C29H27NO5/c1-18(2)20-8-10-21(11-9-20)26-25(27(31)22-12-13-23-24(16-22)35-15-14-34-23)28(32)29(33)30(26)17-19-6-4-3-5-7-19/h3-13,16,18,26,31H,14-15,17H2,1-2H3/t26-/m1/s1. The van der Waals surface area contributed by atoms with Gasteiger partial charge in [0.1, 0.15) is 19.0 Å². The summed E-state index contributed by atoms with van der Waals surface area (Å²) >= 11 is 0. The molecule has 1 atom stereocenters. The van der Waals surface area contributed by atoms with Gasteiger partial charge in [-0.25, -0.2) is 0 Å². The molecule has 2 aliphatic heterocycles. The molecular formula is C29H27NO5. The van der Waals surface area contributed by atoms with Gasteiger partial charge in [-0.3, -0.25) is 9.59 Å². The Balaban J connectivity index is 1.62. The SMILES string of the molecule is CC(C)c1ccc([C@@H]2C(=C(O)c3ccc4c(c3)OCCO4)C(=O)C(=O)N2Cc2ccccc2)cc1. The Morgan fingerprint density at radius 2 is 1.63 bits per heavy atom. The lowest BCUT2D eigenvalue weighted by atomic mass is 9.93. The van der Waals surface area contributed by atoms with Gasteiger partial charge in [-0.15, -0.1) is 0 Å². The van der Waals surface area contributed by atoms with E-state index in [-0.39, 0.29) is 17.9 Å². The van der Waals surface area contributed by atoms with Crippen molar-refractivity contribution in [1.29, 1.82) is 0 Å². The van der Waals surface area contributed by atoms with E-state index in [0.717, 1.165) is 16.7 Å². The topological polar surface area (TPSA) is 76.1 Å². The number of ether oxygens (including phenoxy) is 2. The van der Waals surface area contributed by atoms with Crippen molar-refractivity contribution < 1.29 is 24.2 Å². The van der Waals surface area contributed by atoms with E-state index in [1.165, 1.54) is 4.90 Å². The zero-order valence-electron chi connectivity index (χ0n) is 19.7. The van der Waals surface area contributed by atoms with Crippen molar-refractivity contribution in [2.45, 2.75) is 32.4 Å². The Morgan fingerprint density at radius 3 is 2.31 bits per heavy atom. The van der Waals surface area contributed by atoms with E-state index in [1.54, 1.807) is 18.2 Å². The van der Waals surface area contributed by atoms with Crippen LogP contribution in [-0.4, -0.2) is 34.9 Å². The number of likely N-dealkylation sites (tertiary alicyclic amines) is 1. The van der Waals surface area contributed by atoms with Crippen molar-refractivity contribution in [2.75, 3.05) is 13.2 Å². The minimum Gasteiger partial charge on any atom is -0.507 e. The first-order valence-electron chi connectivity index (χ1n) is 11.8. The predicted octanol–water partition coefficient (Wildman–Crippen LogP) is 5.20. The number of hydrogen-bond acceptors (Lipinski definition) is 5. The van der Waals surface area contributed by atoms with Gasteiger partial charge in [0, 0.05) is 12.1 Å². The van der Waals surface area contributed by atoms with Crippen LogP contribution in [-0.2, 0) is 16.1 Å². The third-order valence-electron chi connectivity index (χ3n) is 6.47. The number of carbonyl (C=O) groups excluding carboxylic acids is 2. The second-order valence-corrected chi connectivity index (χ2v) is 9.09. The van der Waals surface area contributed by atoms with Crippen LogP contribution in [0.15, 0.2) is 78.4 Å². The van der Waals surface area contributed by atoms with E-state index in [0.29, 0.717) is 36.2 Å². The molecule has 6 nitrogen and oxygen atoms in total. The molecule has 2 heterocycles. The highest BCUT2D eigenvalue weighted by molar-refractivity contribution is 6.46. The van der Waals surface area contributed by atoms with Gasteiger partial charge in [0.2, 0.25) is 0 Å². The Morgan fingerprint density at radius 1 is 0.943 bits per heavy atom. The van der Waals surface area contributed by atoms with Crippen molar-refractivity contribution in [1.82, 2.24) is 4.90 Å². The summed E-state index contributed by atoms with van der Waals surface area (Å²) < 4.78 is 11.2. The number of aliphatic hydroxyl groups is 1. The first-order chi connectivity index (χ1) is 16.9. The molecule has 178 valence electrons. The van der Waals surface area contributed by atoms with Crippen molar-refractivity contribution in [3.63, 3.8) is 0 Å². The molecule has 35 heavy (non-hydrogen) atoms. The second kappa shape index (κ2) is 9.29. The molecule has 5 rings (SSSR count). The molecule has 6 heteroatoms. The fourth-order valence-corrected chi connectivity index (χ4v) is 4.58. The summed E-state index contributed by atoms with van der Waals surface area (Å²) in [7, 11) is 0. The van der Waals surface area contributed by atoms with Crippen molar-refractivity contribution in [2.24, 2.45) is 0 Å². The van der Waals surface area contributed by atoms with Gasteiger partial charge in [0.05, 0.1) is 11.6 Å². The largest absolute Gasteiger partial charge is 0.507 e. The first-order valence-corrected chi connectivity index (χ1v) is 11.8. The summed E-state index contributed by atoms with van der Waals surface area (Å²) in [5.41, 5.74) is 3.29. The van der Waals surface area contributed by atoms with Crippen LogP contribution in [0.5, 0.6) is 11.5 Å². The van der Waals surface area contributed by atoms with Gasteiger partial charge in [-0.2, -0.15) is 0 Å². The maximum Gasteiger partial charge on any atom is 0.295 e. The molecule has 1 fully saturated rings. The van der Waals surface area contributed by atoms with Gasteiger partial charge in [-0.1, -0.05) is 68.4 Å². The molecular weight excluding hydrogens is 442 g/mol. The number of benzene rings is 3. The van der Waals surface area contributed by atoms with Crippen LogP contribution in [0, 0.1) is 0 Å². The van der Waals surface area contributed by atoms with Gasteiger partial charge >= 0.3 is 0 Å². The smallest absolute Gasteiger partial charge is 0.295 e. The average molecular weight is 470 g/mol. The van der Waals surface area contributed by atoms with E-state index in [2.05, 4.69) is 13.8 Å². The molecule has 0 spiro atoms. The zero-order chi connectivity index (χ0) is 24.5. The summed E-state index contributed by atoms with van der Waals surface area (Å²) in [6, 6.07) is 21.7. The number of hydrogen-bond donors (Lipinski definition) is 1. The molecule has 2 aliphatic rings. The number of carbonyl (C=O) groups is 2. The Kier molecular flexibility index (Phi) is 6.03. The van der Waals surface area contributed by atoms with E-state index >= 15 is 0 Å². The predicted molar refractivity (Wildman–Crippen MR) is 132 cm³/mol. The Bertz CT molecular complexity index is 1290. The number of amides is 1. The summed E-state index contributed by atoms with van der Waals surface area (Å²) in [6.45, 7) is 5.33. The van der Waals surface area contributed by atoms with Crippen LogP contribution in [0.1, 0.15) is 48.1 Å². The number of nitrogens with zero attached hydrogens (tertiary/aromatic N) is 1. The molecule has 1 N–H and O–H groups in total. The number of fused-ring (bicyclic) bond motifs is 1. The Labute approximate surface area is 204 Å². The molecule has 3 aromatic carbocycles. The lowest BCUT2D eigenvalue weighted by Crippen LogP contribution is -2.29. The lowest BCUT2D eigenvalue weighted by molar-refractivity contribution is -0.140. The molecule has 0 unspecified atom stereocenters. The summed E-state index contributed by atoms with van der Waals surface area (Å²) in [5, 5.41) is 11.4. The summed E-state index contributed by atoms with van der Waals surface area (Å²) in [5.74, 6) is -0.141. The van der Waals surface area contributed by atoms with Crippen LogP contribution in [0.25, 0.3) is 5.76 Å². The number of aliphatic hydroxyl groups excluding tert-OH is 1. The van der Waals surface area contributed by atoms with Gasteiger partial charge in [-0.05, 0) is 40.8 Å². The van der Waals surface area contributed by atoms with Crippen LogP contribution >= 0.6 is 0 Å². The second-order valence-electron chi connectivity index (χ2n) is 9.09. The number of ketones is 1. The highest BCUT2D eigenvalue weighted by Gasteiger charge is 2.46. The minimum absolute atomic E-state index is 0.0694. The van der Waals surface area contributed by atoms with Crippen LogP contribution in [0.2, 0.25) is 0 Å².